The van der Waals surface area contributed by atoms with Crippen LogP contribution in [0.2, 0.25) is 0 Å². The molecule has 0 saturated heterocycles. The van der Waals surface area contributed by atoms with Crippen LogP contribution in [0.4, 0.5) is 10.3 Å². The Morgan fingerprint density at radius 2 is 1.46 bits per heavy atom. The highest BCUT2D eigenvalue weighted by molar-refractivity contribution is 7.15. The fourth-order valence-corrected chi connectivity index (χ4v) is 6.45. The Kier molecular flexibility index (Phi) is 14.3. The molecule has 1 aliphatic carbocycles. The largest absolute Gasteiger partial charge is 0.490 e. The van der Waals surface area contributed by atoms with E-state index >= 15 is 0 Å². The molecule has 246 valence electrons. The molecule has 0 unspecified atom stereocenters. The van der Waals surface area contributed by atoms with Crippen LogP contribution in [0.3, 0.4) is 0 Å². The highest BCUT2D eigenvalue weighted by Gasteiger charge is 2.29. The Bertz CT molecular complexity index is 1490. The van der Waals surface area contributed by atoms with Crippen molar-refractivity contribution < 1.29 is 28.9 Å². The summed E-state index contributed by atoms with van der Waals surface area (Å²) in [4.78, 5) is 33.4. The third kappa shape index (κ3) is 11.4. The molecular weight excluding hydrogens is 633 g/mol. The fraction of sp³-hybridized carbons (Fsp3) is 0.467. The van der Waals surface area contributed by atoms with Crippen LogP contribution in [0.5, 0.6) is 5.75 Å². The quantitative estimate of drug-likeness (QED) is 0.166. The van der Waals surface area contributed by atoms with Crippen molar-refractivity contribution in [2.24, 2.45) is 0 Å². The minimum atomic E-state index is -0.207. The van der Waals surface area contributed by atoms with Gasteiger partial charge in [0, 0.05) is 43.6 Å². The molecule has 5 rings (SSSR count). The second-order valence-corrected chi connectivity index (χ2v) is 12.3. The van der Waals surface area contributed by atoms with Gasteiger partial charge in [0.15, 0.2) is 0 Å². The summed E-state index contributed by atoms with van der Waals surface area (Å²) in [6.07, 6.45) is 7.45. The molecule has 2 amide bonds. The second kappa shape index (κ2) is 18.9. The Morgan fingerprint density at radius 1 is 0.826 bits per heavy atom. The number of aromatic nitrogens is 6. The van der Waals surface area contributed by atoms with Gasteiger partial charge in [-0.1, -0.05) is 35.2 Å². The van der Waals surface area contributed by atoms with E-state index in [0.717, 1.165) is 35.7 Å². The van der Waals surface area contributed by atoms with E-state index in [0.29, 0.717) is 47.2 Å². The van der Waals surface area contributed by atoms with E-state index in [4.69, 9.17) is 14.6 Å². The van der Waals surface area contributed by atoms with Crippen LogP contribution in [-0.4, -0.2) is 87.9 Å². The number of pyridine rings is 2. The zero-order valence-electron chi connectivity index (χ0n) is 25.8. The zero-order chi connectivity index (χ0) is 32.6. The molecule has 1 aliphatic rings. The van der Waals surface area contributed by atoms with Gasteiger partial charge in [-0.2, -0.15) is 0 Å². The SMILES string of the molecule is COCCO.COCCOc1ccc(CC(=O)Nc2nnc([C@H]3CCC[C@H](c4nnc(NC(=O)Cc5ccccn5)s4)C3)s2)nc1. The molecule has 1 fully saturated rings. The monoisotopic (exact) mass is 670 g/mol. The summed E-state index contributed by atoms with van der Waals surface area (Å²) in [6, 6.07) is 9.03. The average molecular weight is 671 g/mol. The van der Waals surface area contributed by atoms with E-state index in [1.54, 1.807) is 38.7 Å². The third-order valence-corrected chi connectivity index (χ3v) is 8.81. The lowest BCUT2D eigenvalue weighted by molar-refractivity contribution is -0.116. The van der Waals surface area contributed by atoms with Gasteiger partial charge in [0.1, 0.15) is 22.4 Å². The number of nitrogens with one attached hydrogen (secondary N) is 2. The summed E-state index contributed by atoms with van der Waals surface area (Å²) in [5, 5.41) is 33.5. The van der Waals surface area contributed by atoms with Crippen molar-refractivity contribution in [3.8, 4) is 5.75 Å². The van der Waals surface area contributed by atoms with E-state index in [2.05, 4.69) is 45.7 Å². The van der Waals surface area contributed by atoms with Crippen LogP contribution in [0.1, 0.15) is 58.9 Å². The summed E-state index contributed by atoms with van der Waals surface area (Å²) < 4.78 is 14.9. The van der Waals surface area contributed by atoms with Gasteiger partial charge in [0.25, 0.3) is 0 Å². The van der Waals surface area contributed by atoms with Crippen LogP contribution in [0.15, 0.2) is 42.7 Å². The Morgan fingerprint density at radius 3 is 1.96 bits per heavy atom. The summed E-state index contributed by atoms with van der Waals surface area (Å²) in [7, 11) is 3.16. The number of amides is 2. The van der Waals surface area contributed by atoms with Crippen molar-refractivity contribution in [3.63, 3.8) is 0 Å². The molecule has 1 saturated carbocycles. The van der Waals surface area contributed by atoms with Crippen molar-refractivity contribution >= 4 is 44.8 Å². The first kappa shape index (κ1) is 34.9. The molecule has 46 heavy (non-hydrogen) atoms. The number of aliphatic hydroxyl groups excluding tert-OH is 1. The number of carbonyl (C=O) groups excluding carboxylic acids is 2. The van der Waals surface area contributed by atoms with Gasteiger partial charge in [0.2, 0.25) is 22.1 Å². The van der Waals surface area contributed by atoms with Crippen molar-refractivity contribution in [1.29, 1.82) is 0 Å². The maximum atomic E-state index is 12.6. The first-order valence-corrected chi connectivity index (χ1v) is 16.4. The van der Waals surface area contributed by atoms with E-state index in [1.165, 1.54) is 22.7 Å². The van der Waals surface area contributed by atoms with Crippen LogP contribution >= 0.6 is 22.7 Å². The number of aliphatic hydroxyl groups is 1. The Balaban J connectivity index is 0.000000892. The zero-order valence-corrected chi connectivity index (χ0v) is 27.4. The Labute approximate surface area is 275 Å². The lowest BCUT2D eigenvalue weighted by Gasteiger charge is -2.25. The number of hydrogen-bond donors (Lipinski definition) is 3. The normalized spacial score (nSPS) is 15.8. The van der Waals surface area contributed by atoms with Gasteiger partial charge in [-0.25, -0.2) is 0 Å². The first-order valence-electron chi connectivity index (χ1n) is 14.8. The predicted octanol–water partition coefficient (Wildman–Crippen LogP) is 3.63. The van der Waals surface area contributed by atoms with E-state index in [1.807, 2.05) is 18.2 Å². The lowest BCUT2D eigenvalue weighted by atomic mass is 9.82. The number of nitrogens with zero attached hydrogens (tertiary/aromatic N) is 6. The lowest BCUT2D eigenvalue weighted by Crippen LogP contribution is -2.15. The number of methoxy groups -OCH3 is 2. The fourth-order valence-electron chi connectivity index (χ4n) is 4.63. The van der Waals surface area contributed by atoms with E-state index in [9.17, 15) is 9.59 Å². The molecule has 4 aromatic heterocycles. The van der Waals surface area contributed by atoms with Crippen LogP contribution in [0.25, 0.3) is 0 Å². The maximum absolute atomic E-state index is 12.6. The van der Waals surface area contributed by atoms with Gasteiger partial charge in [0.05, 0.1) is 38.9 Å². The standard InChI is InChI=1S/C27H30N8O4S2.C3H8O2/c1-38-11-12-39-21-9-8-20(29-16-21)15-23(37)31-27-35-33-25(41-27)18-6-4-5-17(13-18)24-32-34-26(40-24)30-22(36)14-19-7-2-3-10-28-19;1-5-3-2-4/h2-3,7-10,16-18H,4-6,11-15H2,1H3,(H,30,34,36)(H,31,35,37);4H,2-3H2,1H3/t17-,18-;/m0./s1. The topological polar surface area (TPSA) is 183 Å². The first-order chi connectivity index (χ1) is 22.5. The predicted molar refractivity (Wildman–Crippen MR) is 173 cm³/mol. The summed E-state index contributed by atoms with van der Waals surface area (Å²) in [5.41, 5.74) is 1.33. The molecule has 16 heteroatoms. The minimum Gasteiger partial charge on any atom is -0.490 e. The number of anilines is 2. The van der Waals surface area contributed by atoms with Gasteiger partial charge >= 0.3 is 0 Å². The van der Waals surface area contributed by atoms with Gasteiger partial charge in [-0.15, -0.1) is 20.4 Å². The van der Waals surface area contributed by atoms with Gasteiger partial charge in [-0.05, 0) is 43.5 Å². The van der Waals surface area contributed by atoms with Crippen LogP contribution in [0, 0.1) is 0 Å². The molecule has 0 aliphatic heterocycles. The smallest absolute Gasteiger partial charge is 0.232 e. The molecule has 2 atom stereocenters. The van der Waals surface area contributed by atoms with E-state index in [-0.39, 0.29) is 43.1 Å². The number of rotatable bonds is 14. The number of carbonyl (C=O) groups is 2. The minimum absolute atomic E-state index is 0.122. The highest BCUT2D eigenvalue weighted by Crippen LogP contribution is 2.43. The second-order valence-electron chi connectivity index (χ2n) is 10.3. The molecule has 4 aromatic rings. The van der Waals surface area contributed by atoms with Gasteiger partial charge in [-0.3, -0.25) is 19.6 Å². The maximum Gasteiger partial charge on any atom is 0.232 e. The molecule has 14 nitrogen and oxygen atoms in total. The van der Waals surface area contributed by atoms with E-state index < -0.39 is 0 Å². The molecule has 0 bridgehead atoms. The van der Waals surface area contributed by atoms with Crippen molar-refractivity contribution in [2.75, 3.05) is 51.3 Å². The average Bonchev–Trinajstić information content (AvgIpc) is 3.73. The van der Waals surface area contributed by atoms with Crippen LogP contribution in [-0.2, 0) is 31.9 Å². The number of hydrogen-bond acceptors (Lipinski definition) is 14. The Hall–Kier alpha value is -3.96. The molecule has 0 aromatic carbocycles. The van der Waals surface area contributed by atoms with Crippen molar-refractivity contribution in [3.05, 3.63) is 64.1 Å². The van der Waals surface area contributed by atoms with Crippen LogP contribution < -0.4 is 15.4 Å². The summed E-state index contributed by atoms with van der Waals surface area (Å²) in [6.45, 7) is 1.49. The molecule has 0 radical (unpaired) electrons. The number of ether oxygens (including phenoxy) is 3. The van der Waals surface area contributed by atoms with Gasteiger partial charge < -0.3 is 30.0 Å². The third-order valence-electron chi connectivity index (χ3n) is 6.81. The van der Waals surface area contributed by atoms with Crippen molar-refractivity contribution in [1.82, 2.24) is 30.4 Å². The summed E-state index contributed by atoms with van der Waals surface area (Å²) >= 11 is 2.81. The highest BCUT2D eigenvalue weighted by atomic mass is 32.1. The molecular formula is C30H38N8O6S2. The molecule has 4 heterocycles. The summed E-state index contributed by atoms with van der Waals surface area (Å²) in [5.74, 6) is 0.690. The molecule has 3 N–H and O–H groups in total. The molecule has 0 spiro atoms. The van der Waals surface area contributed by atoms with Crippen molar-refractivity contribution in [2.45, 2.75) is 50.4 Å².